The van der Waals surface area contributed by atoms with Gasteiger partial charge in [0.1, 0.15) is 17.4 Å². The zero-order valence-corrected chi connectivity index (χ0v) is 16.2. The van der Waals surface area contributed by atoms with Gasteiger partial charge in [-0.2, -0.15) is 5.26 Å². The number of Topliss-reactive ketones (excluding diaryl/α,β-unsaturated/α-hetero) is 1. The Kier molecular flexibility index (Phi) is 5.82. The number of allylic oxidation sites excluding steroid dienone is 2. The van der Waals surface area contributed by atoms with Crippen LogP contribution in [-0.4, -0.2) is 19.1 Å². The number of thioether (sulfide) groups is 1. The summed E-state index contributed by atoms with van der Waals surface area (Å²) in [5.74, 6) is 0.532. The molecular formula is C20H18N2O2S2. The minimum Gasteiger partial charge on any atom is -0.497 e. The molecule has 132 valence electrons. The van der Waals surface area contributed by atoms with Gasteiger partial charge in [-0.3, -0.25) is 4.79 Å². The number of ketones is 1. The van der Waals surface area contributed by atoms with Gasteiger partial charge in [0, 0.05) is 17.5 Å². The highest BCUT2D eigenvalue weighted by Crippen LogP contribution is 2.39. The Labute approximate surface area is 161 Å². The number of rotatable bonds is 6. The average molecular weight is 383 g/mol. The standard InChI is InChI=1S/C20H18N2O2S2/c1-24-15-9-7-14(8-10-15)22-12-13(11-21)18(23)19-16-5-3-4-6-17(16)20(25-2)26-19/h4,6-10,12,22H,3,5H2,1-2H3. The number of methoxy groups -OCH3 is 1. The third-order valence-corrected chi connectivity index (χ3v) is 6.47. The quantitative estimate of drug-likeness (QED) is 0.324. The van der Waals surface area contributed by atoms with Gasteiger partial charge in [0.2, 0.25) is 5.78 Å². The second-order valence-electron chi connectivity index (χ2n) is 5.63. The summed E-state index contributed by atoms with van der Waals surface area (Å²) in [4.78, 5) is 13.6. The number of fused-ring (bicyclic) bond motifs is 1. The summed E-state index contributed by atoms with van der Waals surface area (Å²) in [6.45, 7) is 0. The van der Waals surface area contributed by atoms with Gasteiger partial charge in [0.05, 0.1) is 16.2 Å². The Morgan fingerprint density at radius 3 is 2.81 bits per heavy atom. The number of anilines is 1. The van der Waals surface area contributed by atoms with Crippen LogP contribution in [0.2, 0.25) is 0 Å². The van der Waals surface area contributed by atoms with Gasteiger partial charge in [-0.05, 0) is 48.9 Å². The Morgan fingerprint density at radius 2 is 2.15 bits per heavy atom. The molecule has 0 bridgehead atoms. The fourth-order valence-electron chi connectivity index (χ4n) is 2.75. The lowest BCUT2D eigenvalue weighted by molar-refractivity contribution is 0.104. The molecule has 26 heavy (non-hydrogen) atoms. The van der Waals surface area contributed by atoms with E-state index < -0.39 is 0 Å². The molecule has 0 saturated heterocycles. The number of carbonyl (C=O) groups is 1. The van der Waals surface area contributed by atoms with Crippen molar-refractivity contribution in [1.29, 1.82) is 5.26 Å². The predicted molar refractivity (Wildman–Crippen MR) is 108 cm³/mol. The Bertz CT molecular complexity index is 919. The molecule has 0 fully saturated rings. The van der Waals surface area contributed by atoms with Crippen LogP contribution in [0.3, 0.4) is 0 Å². The maximum absolute atomic E-state index is 12.9. The minimum absolute atomic E-state index is 0.104. The molecule has 4 nitrogen and oxygen atoms in total. The van der Waals surface area contributed by atoms with Gasteiger partial charge in [-0.15, -0.1) is 23.1 Å². The van der Waals surface area contributed by atoms with Crippen molar-refractivity contribution in [2.24, 2.45) is 0 Å². The first-order valence-electron chi connectivity index (χ1n) is 8.09. The third kappa shape index (κ3) is 3.69. The van der Waals surface area contributed by atoms with Gasteiger partial charge in [-0.1, -0.05) is 12.2 Å². The van der Waals surface area contributed by atoms with Crippen molar-refractivity contribution in [1.82, 2.24) is 0 Å². The number of hydrogen-bond donors (Lipinski definition) is 1. The van der Waals surface area contributed by atoms with Crippen molar-refractivity contribution in [3.05, 3.63) is 58.1 Å². The molecule has 0 saturated carbocycles. The number of benzene rings is 1. The average Bonchev–Trinajstić information content (AvgIpc) is 3.07. The SMILES string of the molecule is COc1ccc(NC=C(C#N)C(=O)c2sc(SC)c3c2CCC=C3)cc1. The molecule has 0 spiro atoms. The van der Waals surface area contributed by atoms with E-state index in [4.69, 9.17) is 4.74 Å². The lowest BCUT2D eigenvalue weighted by atomic mass is 9.97. The maximum atomic E-state index is 12.9. The van der Waals surface area contributed by atoms with E-state index in [2.05, 4.69) is 17.5 Å². The number of thiophene rings is 1. The summed E-state index contributed by atoms with van der Waals surface area (Å²) in [5.41, 5.74) is 3.09. The first-order chi connectivity index (χ1) is 12.7. The van der Waals surface area contributed by atoms with Crippen LogP contribution < -0.4 is 10.1 Å². The number of ether oxygens (including phenoxy) is 1. The van der Waals surface area contributed by atoms with E-state index in [1.54, 1.807) is 18.9 Å². The molecule has 1 aliphatic rings. The molecule has 0 amide bonds. The minimum atomic E-state index is -0.217. The fraction of sp³-hybridized carbons (Fsp3) is 0.200. The van der Waals surface area contributed by atoms with E-state index >= 15 is 0 Å². The van der Waals surface area contributed by atoms with Crippen LogP contribution >= 0.6 is 23.1 Å². The van der Waals surface area contributed by atoms with Gasteiger partial charge >= 0.3 is 0 Å². The first-order valence-corrected chi connectivity index (χ1v) is 10.1. The molecule has 6 heteroatoms. The highest BCUT2D eigenvalue weighted by atomic mass is 32.2. The van der Waals surface area contributed by atoms with Gasteiger partial charge < -0.3 is 10.1 Å². The van der Waals surface area contributed by atoms with Crippen molar-refractivity contribution < 1.29 is 9.53 Å². The molecule has 1 aliphatic carbocycles. The molecular weight excluding hydrogens is 364 g/mol. The van der Waals surface area contributed by atoms with E-state index in [0.29, 0.717) is 4.88 Å². The number of hydrogen-bond acceptors (Lipinski definition) is 6. The number of nitriles is 1. The largest absolute Gasteiger partial charge is 0.497 e. The van der Waals surface area contributed by atoms with Crippen LogP contribution in [0.4, 0.5) is 5.69 Å². The van der Waals surface area contributed by atoms with Crippen molar-refractivity contribution in [2.75, 3.05) is 18.7 Å². The zero-order valence-electron chi connectivity index (χ0n) is 14.5. The topological polar surface area (TPSA) is 62.1 Å². The second-order valence-corrected chi connectivity index (χ2v) is 7.72. The summed E-state index contributed by atoms with van der Waals surface area (Å²) >= 11 is 3.12. The van der Waals surface area contributed by atoms with E-state index in [9.17, 15) is 10.1 Å². The zero-order chi connectivity index (χ0) is 18.5. The fourth-order valence-corrected chi connectivity index (χ4v) is 4.77. The van der Waals surface area contributed by atoms with Gasteiger partial charge in [0.25, 0.3) is 0 Å². The van der Waals surface area contributed by atoms with Crippen LogP contribution in [0.15, 0.2) is 46.3 Å². The third-order valence-electron chi connectivity index (χ3n) is 4.09. The number of nitrogens with one attached hydrogen (secondary N) is 1. The smallest absolute Gasteiger partial charge is 0.215 e. The summed E-state index contributed by atoms with van der Waals surface area (Å²) in [6, 6.07) is 9.33. The van der Waals surface area contributed by atoms with Crippen molar-refractivity contribution >= 4 is 40.6 Å². The number of carbonyl (C=O) groups excluding carboxylic acids is 1. The molecule has 0 radical (unpaired) electrons. The lowest BCUT2D eigenvalue weighted by Crippen LogP contribution is -2.06. The first kappa shape index (κ1) is 18.3. The number of nitrogens with zero attached hydrogens (tertiary/aromatic N) is 1. The van der Waals surface area contributed by atoms with Crippen molar-refractivity contribution in [3.63, 3.8) is 0 Å². The Morgan fingerprint density at radius 1 is 1.38 bits per heavy atom. The highest BCUT2D eigenvalue weighted by molar-refractivity contribution is 8.00. The van der Waals surface area contributed by atoms with E-state index in [1.807, 2.05) is 36.6 Å². The van der Waals surface area contributed by atoms with Crippen molar-refractivity contribution in [2.45, 2.75) is 17.1 Å². The Balaban J connectivity index is 1.86. The highest BCUT2D eigenvalue weighted by Gasteiger charge is 2.24. The molecule has 0 unspecified atom stereocenters. The molecule has 3 rings (SSSR count). The van der Waals surface area contributed by atoms with Crippen LogP contribution in [0, 0.1) is 11.3 Å². The van der Waals surface area contributed by atoms with Crippen LogP contribution in [0.1, 0.15) is 27.2 Å². The monoisotopic (exact) mass is 382 g/mol. The molecule has 1 aromatic heterocycles. The van der Waals surface area contributed by atoms with Gasteiger partial charge in [0.15, 0.2) is 0 Å². The normalized spacial score (nSPS) is 13.0. The van der Waals surface area contributed by atoms with Crippen LogP contribution in [0.5, 0.6) is 5.75 Å². The van der Waals surface area contributed by atoms with E-state index in [-0.39, 0.29) is 11.4 Å². The maximum Gasteiger partial charge on any atom is 0.215 e. The van der Waals surface area contributed by atoms with Crippen LogP contribution in [0.25, 0.3) is 6.08 Å². The molecule has 0 atom stereocenters. The molecule has 1 heterocycles. The predicted octanol–water partition coefficient (Wildman–Crippen LogP) is 5.14. The second kappa shape index (κ2) is 8.26. The van der Waals surface area contributed by atoms with Gasteiger partial charge in [-0.25, -0.2) is 0 Å². The summed E-state index contributed by atoms with van der Waals surface area (Å²) in [6.07, 6.45) is 9.48. The molecule has 1 aromatic carbocycles. The summed E-state index contributed by atoms with van der Waals surface area (Å²) < 4.78 is 6.25. The molecule has 2 aromatic rings. The van der Waals surface area contributed by atoms with E-state index in [1.165, 1.54) is 17.5 Å². The molecule has 1 N–H and O–H groups in total. The molecule has 0 aliphatic heterocycles. The van der Waals surface area contributed by atoms with Crippen molar-refractivity contribution in [3.8, 4) is 11.8 Å². The van der Waals surface area contributed by atoms with Crippen LogP contribution in [-0.2, 0) is 6.42 Å². The Hall–Kier alpha value is -2.49. The summed E-state index contributed by atoms with van der Waals surface area (Å²) in [7, 11) is 1.61. The van der Waals surface area contributed by atoms with E-state index in [0.717, 1.165) is 39.6 Å². The lowest BCUT2D eigenvalue weighted by Gasteiger charge is -2.08. The summed E-state index contributed by atoms with van der Waals surface area (Å²) in [5, 5.41) is 12.5.